The van der Waals surface area contributed by atoms with Gasteiger partial charge in [0.1, 0.15) is 10.5 Å². The number of ether oxygens (including phenoxy) is 1. The lowest BCUT2D eigenvalue weighted by Crippen LogP contribution is -2.25. The van der Waals surface area contributed by atoms with Crippen molar-refractivity contribution in [2.45, 2.75) is 66.0 Å². The maximum Gasteiger partial charge on any atom is 0.321 e. The zero-order valence-electron chi connectivity index (χ0n) is 18.8. The van der Waals surface area contributed by atoms with Crippen molar-refractivity contribution < 1.29 is 22.8 Å². The topological polar surface area (TPSA) is 54.0 Å². The molecule has 0 heterocycles. The molecule has 0 radical (unpaired) electrons. The minimum atomic E-state index is -1.56. The SMILES string of the molecule is CC(C)(Cc1ccccc1)O[SiH3].CCOC(=O)C(C)CC[SiH](OCC)OCC. The first-order chi connectivity index (χ1) is 13.3. The molecule has 28 heavy (non-hydrogen) atoms. The molecule has 0 amide bonds. The third kappa shape index (κ3) is 13.2. The maximum atomic E-state index is 11.4. The summed E-state index contributed by atoms with van der Waals surface area (Å²) in [4.78, 5) is 11.4. The van der Waals surface area contributed by atoms with Gasteiger partial charge in [-0.25, -0.2) is 0 Å². The summed E-state index contributed by atoms with van der Waals surface area (Å²) in [5.74, 6) is -0.181. The molecular formula is C21H40O5Si2. The van der Waals surface area contributed by atoms with E-state index in [-0.39, 0.29) is 17.5 Å². The van der Waals surface area contributed by atoms with E-state index in [1.807, 2.05) is 33.8 Å². The van der Waals surface area contributed by atoms with Crippen LogP contribution >= 0.6 is 0 Å². The highest BCUT2D eigenvalue weighted by Gasteiger charge is 2.19. The van der Waals surface area contributed by atoms with E-state index in [4.69, 9.17) is 18.0 Å². The van der Waals surface area contributed by atoms with Crippen molar-refractivity contribution in [2.24, 2.45) is 5.92 Å². The molecule has 0 aromatic heterocycles. The molecule has 7 heteroatoms. The van der Waals surface area contributed by atoms with Crippen LogP contribution in [0.2, 0.25) is 6.04 Å². The molecule has 5 nitrogen and oxygen atoms in total. The second-order valence-corrected chi connectivity index (χ2v) is 9.71. The molecule has 1 aromatic carbocycles. The molecule has 0 saturated carbocycles. The fourth-order valence-electron chi connectivity index (χ4n) is 2.53. The third-order valence-corrected chi connectivity index (χ3v) is 7.57. The molecule has 0 bridgehead atoms. The van der Waals surface area contributed by atoms with Crippen molar-refractivity contribution in [3.05, 3.63) is 35.9 Å². The minimum absolute atomic E-state index is 0.00752. The van der Waals surface area contributed by atoms with Gasteiger partial charge < -0.3 is 18.0 Å². The number of benzene rings is 1. The standard InChI is InChI=1S/C11H24O4Si.C10H16OSi/c1-5-13-11(12)10(4)8-9-16(14-6-2)15-7-3;1-10(2,11-12)8-9-6-4-3-5-7-9/h10,16H,5-9H2,1-4H3;3-7H,8H2,1-2,12H3. The normalized spacial score (nSPS) is 12.4. The molecule has 0 aliphatic heterocycles. The van der Waals surface area contributed by atoms with Gasteiger partial charge in [-0.05, 0) is 59.1 Å². The summed E-state index contributed by atoms with van der Waals surface area (Å²) in [5.41, 5.74) is 1.35. The smallest absolute Gasteiger partial charge is 0.321 e. The molecule has 1 unspecified atom stereocenters. The summed E-state index contributed by atoms with van der Waals surface area (Å²) in [6, 6.07) is 11.3. The lowest BCUT2D eigenvalue weighted by molar-refractivity contribution is -0.147. The van der Waals surface area contributed by atoms with Crippen LogP contribution in [-0.4, -0.2) is 51.2 Å². The summed E-state index contributed by atoms with van der Waals surface area (Å²) in [6.07, 6.45) is 1.78. The zero-order valence-corrected chi connectivity index (χ0v) is 22.0. The number of carbonyl (C=O) groups excluding carboxylic acids is 1. The second kappa shape index (κ2) is 15.9. The maximum absolute atomic E-state index is 11.4. The summed E-state index contributed by atoms with van der Waals surface area (Å²) in [6.45, 7) is 13.7. The van der Waals surface area contributed by atoms with Gasteiger partial charge >= 0.3 is 15.3 Å². The average Bonchev–Trinajstić information content (AvgIpc) is 2.67. The van der Waals surface area contributed by atoms with Crippen molar-refractivity contribution >= 4 is 25.7 Å². The van der Waals surface area contributed by atoms with Crippen molar-refractivity contribution in [3.8, 4) is 0 Å². The molecule has 0 aliphatic rings. The van der Waals surface area contributed by atoms with E-state index in [2.05, 4.69) is 38.1 Å². The van der Waals surface area contributed by atoms with Gasteiger partial charge in [0.15, 0.2) is 0 Å². The van der Waals surface area contributed by atoms with Gasteiger partial charge in [-0.1, -0.05) is 37.3 Å². The second-order valence-electron chi connectivity index (χ2n) is 7.20. The van der Waals surface area contributed by atoms with E-state index >= 15 is 0 Å². The van der Waals surface area contributed by atoms with E-state index in [0.29, 0.717) is 19.8 Å². The van der Waals surface area contributed by atoms with Crippen LogP contribution in [0, 0.1) is 5.92 Å². The Bertz CT molecular complexity index is 505. The van der Waals surface area contributed by atoms with Crippen LogP contribution < -0.4 is 0 Å². The largest absolute Gasteiger partial charge is 0.466 e. The van der Waals surface area contributed by atoms with Crippen LogP contribution in [0.15, 0.2) is 30.3 Å². The van der Waals surface area contributed by atoms with Crippen LogP contribution in [-0.2, 0) is 29.2 Å². The van der Waals surface area contributed by atoms with E-state index in [0.717, 1.165) is 29.4 Å². The van der Waals surface area contributed by atoms with E-state index in [1.54, 1.807) is 0 Å². The summed E-state index contributed by atoms with van der Waals surface area (Å²) >= 11 is 0. The molecule has 0 fully saturated rings. The summed E-state index contributed by atoms with van der Waals surface area (Å²) < 4.78 is 21.5. The number of esters is 1. The van der Waals surface area contributed by atoms with Gasteiger partial charge in [0.05, 0.1) is 18.1 Å². The van der Waals surface area contributed by atoms with Crippen LogP contribution in [0.5, 0.6) is 0 Å². The van der Waals surface area contributed by atoms with Gasteiger partial charge in [0.25, 0.3) is 0 Å². The van der Waals surface area contributed by atoms with Crippen LogP contribution in [0.3, 0.4) is 0 Å². The summed E-state index contributed by atoms with van der Waals surface area (Å²) in [7, 11) is -0.751. The highest BCUT2D eigenvalue weighted by atomic mass is 28.3. The first-order valence-corrected chi connectivity index (χ1v) is 12.9. The first-order valence-electron chi connectivity index (χ1n) is 10.3. The number of carbonyl (C=O) groups is 1. The van der Waals surface area contributed by atoms with E-state index < -0.39 is 9.28 Å². The van der Waals surface area contributed by atoms with Gasteiger partial charge in [0, 0.05) is 13.2 Å². The average molecular weight is 429 g/mol. The van der Waals surface area contributed by atoms with E-state index in [9.17, 15) is 4.79 Å². The van der Waals surface area contributed by atoms with Crippen LogP contribution in [0.1, 0.15) is 53.5 Å². The molecule has 162 valence electrons. The highest BCUT2D eigenvalue weighted by Crippen LogP contribution is 2.15. The predicted molar refractivity (Wildman–Crippen MR) is 121 cm³/mol. The number of rotatable bonds is 12. The fraction of sp³-hybridized carbons (Fsp3) is 0.667. The molecular weight excluding hydrogens is 388 g/mol. The molecule has 0 saturated heterocycles. The molecule has 1 atom stereocenters. The number of hydrogen-bond donors (Lipinski definition) is 0. The van der Waals surface area contributed by atoms with Gasteiger partial charge in [0.2, 0.25) is 0 Å². The molecule has 0 N–H and O–H groups in total. The van der Waals surface area contributed by atoms with Gasteiger partial charge in [-0.2, -0.15) is 0 Å². The third-order valence-electron chi connectivity index (χ3n) is 4.25. The molecule has 1 aromatic rings. The molecule has 1 rings (SSSR count). The Kier molecular flexibility index (Phi) is 15.3. The Morgan fingerprint density at radius 3 is 2.11 bits per heavy atom. The zero-order chi connectivity index (χ0) is 21.4. The minimum Gasteiger partial charge on any atom is -0.466 e. The lowest BCUT2D eigenvalue weighted by atomic mass is 9.99. The lowest BCUT2D eigenvalue weighted by Gasteiger charge is -2.23. The Labute approximate surface area is 176 Å². The van der Waals surface area contributed by atoms with Crippen molar-refractivity contribution in [1.29, 1.82) is 0 Å². The molecule has 0 spiro atoms. The molecule has 0 aliphatic carbocycles. The van der Waals surface area contributed by atoms with E-state index in [1.165, 1.54) is 5.56 Å². The Morgan fingerprint density at radius 1 is 1.07 bits per heavy atom. The van der Waals surface area contributed by atoms with Gasteiger partial charge in [-0.3, -0.25) is 4.79 Å². The fourth-order valence-corrected chi connectivity index (χ4v) is 4.62. The quantitative estimate of drug-likeness (QED) is 0.378. The van der Waals surface area contributed by atoms with Crippen molar-refractivity contribution in [2.75, 3.05) is 19.8 Å². The van der Waals surface area contributed by atoms with Gasteiger partial charge in [-0.15, -0.1) is 0 Å². The predicted octanol–water partition coefficient (Wildman–Crippen LogP) is 3.17. The first kappa shape index (κ1) is 27.0. The Hall–Kier alpha value is -0.996. The highest BCUT2D eigenvalue weighted by molar-refractivity contribution is 6.44. The van der Waals surface area contributed by atoms with Crippen molar-refractivity contribution in [1.82, 2.24) is 0 Å². The Morgan fingerprint density at radius 2 is 1.64 bits per heavy atom. The van der Waals surface area contributed by atoms with Crippen LogP contribution in [0.25, 0.3) is 0 Å². The summed E-state index contributed by atoms with van der Waals surface area (Å²) in [5, 5.41) is 0. The Balaban J connectivity index is 0.000000540. The van der Waals surface area contributed by atoms with Crippen molar-refractivity contribution in [3.63, 3.8) is 0 Å². The van der Waals surface area contributed by atoms with Crippen LogP contribution in [0.4, 0.5) is 0 Å². The number of hydrogen-bond acceptors (Lipinski definition) is 5. The monoisotopic (exact) mass is 428 g/mol.